The number of rotatable bonds is 7. The summed E-state index contributed by atoms with van der Waals surface area (Å²) >= 11 is 0. The summed E-state index contributed by atoms with van der Waals surface area (Å²) in [5, 5.41) is 21.0. The molecule has 0 saturated carbocycles. The molecule has 1 aliphatic heterocycles. The Morgan fingerprint density at radius 2 is 2.19 bits per heavy atom. The summed E-state index contributed by atoms with van der Waals surface area (Å²) in [6.45, 7) is 7.88. The lowest BCUT2D eigenvalue weighted by Crippen LogP contribution is -2.51. The summed E-state index contributed by atoms with van der Waals surface area (Å²) in [5.74, 6) is -0.676. The minimum atomic E-state index is -2.01. The molecular weight excluding hydrogens is 335 g/mol. The van der Waals surface area contributed by atoms with Crippen LogP contribution in [0.5, 0.6) is 0 Å². The molecule has 1 fully saturated rings. The SMILES string of the molecule is C=CC(=O)N1CCC[C@@H]1C(=O)N[C@@H](Cc1ccc(C)cc1C)OB(O)O. The molecule has 1 aromatic carbocycles. The third-order valence-electron chi connectivity index (χ3n) is 4.51. The monoisotopic (exact) mass is 360 g/mol. The highest BCUT2D eigenvalue weighted by atomic mass is 16.6. The van der Waals surface area contributed by atoms with Crippen LogP contribution in [0.3, 0.4) is 0 Å². The van der Waals surface area contributed by atoms with Gasteiger partial charge in [0.1, 0.15) is 12.3 Å². The van der Waals surface area contributed by atoms with Gasteiger partial charge in [-0.3, -0.25) is 9.59 Å². The summed E-state index contributed by atoms with van der Waals surface area (Å²) < 4.78 is 5.05. The quantitative estimate of drug-likeness (QED) is 0.373. The molecule has 140 valence electrons. The predicted octanol–water partition coefficient (Wildman–Crippen LogP) is 0.451. The molecule has 0 spiro atoms. The van der Waals surface area contributed by atoms with Gasteiger partial charge in [-0.05, 0) is 43.9 Å². The first kappa shape index (κ1) is 20.2. The van der Waals surface area contributed by atoms with Crippen molar-refractivity contribution in [1.29, 1.82) is 0 Å². The van der Waals surface area contributed by atoms with Crippen molar-refractivity contribution in [3.63, 3.8) is 0 Å². The Labute approximate surface area is 153 Å². The standard InChI is InChI=1S/C18H25BN2O5/c1-4-17(22)21-9-5-6-15(21)18(23)20-16(26-19(24)25)11-14-8-7-12(2)10-13(14)3/h4,7-8,10,15-16,24-25H,1,5-6,9,11H2,2-3H3,(H,20,23)/t15-,16-/m1/s1. The van der Waals surface area contributed by atoms with Crippen molar-refractivity contribution in [3.8, 4) is 0 Å². The average Bonchev–Trinajstić information content (AvgIpc) is 3.05. The molecule has 2 atom stereocenters. The zero-order valence-electron chi connectivity index (χ0n) is 15.1. The number of aryl methyl sites for hydroxylation is 2. The minimum absolute atomic E-state index is 0.275. The molecule has 1 saturated heterocycles. The first-order valence-electron chi connectivity index (χ1n) is 8.63. The van der Waals surface area contributed by atoms with Crippen LogP contribution < -0.4 is 5.32 Å². The summed E-state index contributed by atoms with van der Waals surface area (Å²) in [6, 6.07) is 5.25. The highest BCUT2D eigenvalue weighted by Crippen LogP contribution is 2.19. The van der Waals surface area contributed by atoms with Gasteiger partial charge in [-0.15, -0.1) is 0 Å². The Morgan fingerprint density at radius 1 is 1.46 bits per heavy atom. The predicted molar refractivity (Wildman–Crippen MR) is 97.8 cm³/mol. The number of amides is 2. The van der Waals surface area contributed by atoms with Crippen LogP contribution >= 0.6 is 0 Å². The van der Waals surface area contributed by atoms with E-state index in [0.717, 1.165) is 23.1 Å². The van der Waals surface area contributed by atoms with Gasteiger partial charge in [0.25, 0.3) is 0 Å². The second-order valence-corrected chi connectivity index (χ2v) is 6.49. The van der Waals surface area contributed by atoms with Crippen LogP contribution in [0.25, 0.3) is 0 Å². The lowest BCUT2D eigenvalue weighted by atomic mass is 10.0. The molecule has 7 nitrogen and oxygen atoms in total. The van der Waals surface area contributed by atoms with Crippen molar-refractivity contribution in [1.82, 2.24) is 10.2 Å². The van der Waals surface area contributed by atoms with E-state index in [1.807, 2.05) is 32.0 Å². The number of benzene rings is 1. The Morgan fingerprint density at radius 3 is 2.81 bits per heavy atom. The molecule has 3 N–H and O–H groups in total. The number of carbonyl (C=O) groups is 2. The van der Waals surface area contributed by atoms with Gasteiger partial charge in [-0.25, -0.2) is 0 Å². The van der Waals surface area contributed by atoms with Crippen LogP contribution in [0.15, 0.2) is 30.9 Å². The van der Waals surface area contributed by atoms with E-state index >= 15 is 0 Å². The van der Waals surface area contributed by atoms with Crippen LogP contribution in [0.2, 0.25) is 0 Å². The largest absolute Gasteiger partial charge is 0.635 e. The molecule has 1 aromatic rings. The summed E-state index contributed by atoms with van der Waals surface area (Å²) in [6.07, 6.45) is 1.81. The molecule has 0 aromatic heterocycles. The van der Waals surface area contributed by atoms with Crippen molar-refractivity contribution in [2.45, 2.75) is 45.4 Å². The van der Waals surface area contributed by atoms with Gasteiger partial charge in [-0.2, -0.15) is 0 Å². The highest BCUT2D eigenvalue weighted by molar-refractivity contribution is 6.32. The van der Waals surface area contributed by atoms with E-state index in [1.165, 1.54) is 11.0 Å². The zero-order valence-corrected chi connectivity index (χ0v) is 15.1. The number of likely N-dealkylation sites (tertiary alicyclic amines) is 1. The molecule has 8 heteroatoms. The first-order valence-corrected chi connectivity index (χ1v) is 8.63. The smallest absolute Gasteiger partial charge is 0.402 e. The molecule has 2 amide bonds. The van der Waals surface area contributed by atoms with E-state index in [2.05, 4.69) is 11.9 Å². The van der Waals surface area contributed by atoms with Crippen LogP contribution in [-0.4, -0.2) is 52.9 Å². The van der Waals surface area contributed by atoms with Gasteiger partial charge in [0.05, 0.1) is 0 Å². The number of nitrogens with one attached hydrogen (secondary N) is 1. The highest BCUT2D eigenvalue weighted by Gasteiger charge is 2.34. The number of hydrogen-bond donors (Lipinski definition) is 3. The molecule has 0 bridgehead atoms. The van der Waals surface area contributed by atoms with Gasteiger partial charge < -0.3 is 24.9 Å². The summed E-state index contributed by atoms with van der Waals surface area (Å²) in [4.78, 5) is 26.0. The molecular formula is C18H25BN2O5. The third-order valence-corrected chi connectivity index (χ3v) is 4.51. The number of carbonyl (C=O) groups excluding carboxylic acids is 2. The van der Waals surface area contributed by atoms with Crippen molar-refractivity contribution < 1.29 is 24.3 Å². The van der Waals surface area contributed by atoms with Crippen LogP contribution in [-0.2, 0) is 20.7 Å². The van der Waals surface area contributed by atoms with Crippen LogP contribution in [0.1, 0.15) is 29.5 Å². The van der Waals surface area contributed by atoms with Gasteiger partial charge in [0.15, 0.2) is 0 Å². The molecule has 0 radical (unpaired) electrons. The van der Waals surface area contributed by atoms with Crippen LogP contribution in [0.4, 0.5) is 0 Å². The van der Waals surface area contributed by atoms with E-state index in [1.54, 1.807) is 0 Å². The second kappa shape index (κ2) is 8.98. The topological polar surface area (TPSA) is 99.1 Å². The van der Waals surface area contributed by atoms with Crippen LogP contribution in [0, 0.1) is 13.8 Å². The normalized spacial score (nSPS) is 17.7. The minimum Gasteiger partial charge on any atom is -0.402 e. The molecule has 0 unspecified atom stereocenters. The first-order chi connectivity index (χ1) is 12.3. The van der Waals surface area contributed by atoms with E-state index < -0.39 is 19.6 Å². The van der Waals surface area contributed by atoms with Crippen molar-refractivity contribution in [3.05, 3.63) is 47.5 Å². The van der Waals surface area contributed by atoms with Crippen molar-refractivity contribution in [2.75, 3.05) is 6.54 Å². The van der Waals surface area contributed by atoms with Gasteiger partial charge in [0.2, 0.25) is 11.8 Å². The van der Waals surface area contributed by atoms with E-state index in [9.17, 15) is 19.6 Å². The molecule has 2 rings (SSSR count). The number of nitrogens with zero attached hydrogens (tertiary/aromatic N) is 1. The van der Waals surface area contributed by atoms with Crippen molar-refractivity contribution >= 4 is 19.1 Å². The maximum Gasteiger partial charge on any atom is 0.635 e. The fourth-order valence-electron chi connectivity index (χ4n) is 3.23. The second-order valence-electron chi connectivity index (χ2n) is 6.49. The molecule has 1 aliphatic rings. The van der Waals surface area contributed by atoms with Crippen molar-refractivity contribution in [2.24, 2.45) is 0 Å². The maximum absolute atomic E-state index is 12.6. The Hall–Kier alpha value is -2.16. The zero-order chi connectivity index (χ0) is 19.3. The lowest BCUT2D eigenvalue weighted by molar-refractivity contribution is -0.136. The maximum atomic E-state index is 12.6. The molecule has 26 heavy (non-hydrogen) atoms. The summed E-state index contributed by atoms with van der Waals surface area (Å²) in [5.41, 5.74) is 3.05. The molecule has 0 aliphatic carbocycles. The fraction of sp³-hybridized carbons (Fsp3) is 0.444. The van der Waals surface area contributed by atoms with E-state index in [0.29, 0.717) is 13.0 Å². The molecule has 1 heterocycles. The Balaban J connectivity index is 2.10. The van der Waals surface area contributed by atoms with E-state index in [-0.39, 0.29) is 18.2 Å². The number of hydrogen-bond acceptors (Lipinski definition) is 5. The van der Waals surface area contributed by atoms with Gasteiger partial charge >= 0.3 is 7.32 Å². The fourth-order valence-corrected chi connectivity index (χ4v) is 3.23. The Kier molecular flexibility index (Phi) is 6.96. The Bertz CT molecular complexity index is 680. The van der Waals surface area contributed by atoms with Gasteiger partial charge in [0, 0.05) is 13.0 Å². The lowest BCUT2D eigenvalue weighted by Gasteiger charge is -2.26. The average molecular weight is 360 g/mol. The van der Waals surface area contributed by atoms with E-state index in [4.69, 9.17) is 4.65 Å². The van der Waals surface area contributed by atoms with Gasteiger partial charge in [-0.1, -0.05) is 30.3 Å². The third kappa shape index (κ3) is 5.17. The summed E-state index contributed by atoms with van der Waals surface area (Å²) in [7, 11) is -2.01.